The second-order valence-corrected chi connectivity index (χ2v) is 4.20. The first-order valence-corrected chi connectivity index (χ1v) is 5.49. The van der Waals surface area contributed by atoms with Crippen LogP contribution in [0.3, 0.4) is 0 Å². The first kappa shape index (κ1) is 9.34. The van der Waals surface area contributed by atoms with E-state index in [1.165, 1.54) is 16.0 Å². The Morgan fingerprint density at radius 2 is 1.88 bits per heavy atom. The molecule has 3 rings (SSSR count). The van der Waals surface area contributed by atoms with Crippen molar-refractivity contribution in [1.29, 1.82) is 0 Å². The van der Waals surface area contributed by atoms with Gasteiger partial charge in [-0.3, -0.25) is 4.79 Å². The van der Waals surface area contributed by atoms with Gasteiger partial charge in [-0.25, -0.2) is 0 Å². The molecule has 0 atom stereocenters. The van der Waals surface area contributed by atoms with Gasteiger partial charge < -0.3 is 0 Å². The van der Waals surface area contributed by atoms with Crippen LogP contribution in [0.1, 0.15) is 13.3 Å². The summed E-state index contributed by atoms with van der Waals surface area (Å²) in [5, 5.41) is 4.79. The Morgan fingerprint density at radius 3 is 2.75 bits per heavy atom. The molecule has 78 valence electrons. The molecule has 1 aliphatic carbocycles. The average Bonchev–Trinajstić information content (AvgIpc) is 2.33. The molecule has 0 amide bonds. The lowest BCUT2D eigenvalue weighted by atomic mass is 9.96. The van der Waals surface area contributed by atoms with E-state index in [-0.39, 0.29) is 5.78 Å². The van der Waals surface area contributed by atoms with E-state index in [1.54, 1.807) is 0 Å². The SMILES string of the molecule is CC1=c2ccc3ccccc3c2=CCC1=O. The Kier molecular flexibility index (Phi) is 1.93. The molecule has 0 spiro atoms. The Bertz CT molecular complexity index is 708. The lowest BCUT2D eigenvalue weighted by Gasteiger charge is -2.07. The number of Topliss-reactive ketones (excluding diaryl/α,β-unsaturated/α-hetero) is 1. The fraction of sp³-hybridized carbons (Fsp3) is 0.133. The average molecular weight is 208 g/mol. The number of ketones is 1. The van der Waals surface area contributed by atoms with Gasteiger partial charge in [0, 0.05) is 12.0 Å². The van der Waals surface area contributed by atoms with Crippen molar-refractivity contribution in [2.45, 2.75) is 13.3 Å². The zero-order chi connectivity index (χ0) is 11.1. The minimum Gasteiger partial charge on any atom is -0.294 e. The Morgan fingerprint density at radius 1 is 1.06 bits per heavy atom. The molecular formula is C15H12O. The zero-order valence-corrected chi connectivity index (χ0v) is 9.16. The van der Waals surface area contributed by atoms with Crippen LogP contribution in [-0.4, -0.2) is 5.78 Å². The molecule has 2 aromatic carbocycles. The van der Waals surface area contributed by atoms with Crippen LogP contribution in [0, 0.1) is 0 Å². The molecule has 16 heavy (non-hydrogen) atoms. The molecule has 0 bridgehead atoms. The predicted molar refractivity (Wildman–Crippen MR) is 66.4 cm³/mol. The third-order valence-corrected chi connectivity index (χ3v) is 3.28. The molecule has 0 saturated carbocycles. The maximum absolute atomic E-state index is 11.6. The maximum atomic E-state index is 11.6. The maximum Gasteiger partial charge on any atom is 0.162 e. The fourth-order valence-corrected chi connectivity index (χ4v) is 2.34. The Balaban J connectivity index is 2.60. The number of hydrogen-bond acceptors (Lipinski definition) is 1. The molecular weight excluding hydrogens is 196 g/mol. The summed E-state index contributed by atoms with van der Waals surface area (Å²) in [6.45, 7) is 1.92. The molecule has 0 N–H and O–H groups in total. The molecule has 0 unspecified atom stereocenters. The molecule has 0 aliphatic heterocycles. The summed E-state index contributed by atoms with van der Waals surface area (Å²) in [5.41, 5.74) is 0.892. The van der Waals surface area contributed by atoms with Crippen LogP contribution in [0.15, 0.2) is 36.4 Å². The van der Waals surface area contributed by atoms with Gasteiger partial charge in [-0.1, -0.05) is 42.5 Å². The van der Waals surface area contributed by atoms with E-state index in [9.17, 15) is 4.79 Å². The van der Waals surface area contributed by atoms with E-state index >= 15 is 0 Å². The van der Waals surface area contributed by atoms with Crippen LogP contribution in [-0.2, 0) is 4.79 Å². The molecule has 0 saturated heterocycles. The quantitative estimate of drug-likeness (QED) is 0.644. The van der Waals surface area contributed by atoms with E-state index in [0.29, 0.717) is 6.42 Å². The monoisotopic (exact) mass is 208 g/mol. The molecule has 0 heterocycles. The lowest BCUT2D eigenvalue weighted by Crippen LogP contribution is -2.32. The van der Waals surface area contributed by atoms with E-state index in [2.05, 4.69) is 24.3 Å². The number of carbonyl (C=O) groups excluding carboxylic acids is 1. The molecule has 0 radical (unpaired) electrons. The van der Waals surface area contributed by atoms with Gasteiger partial charge >= 0.3 is 0 Å². The standard InChI is InChI=1S/C15H12O/c1-10-12-7-6-11-4-2-3-5-13(11)14(12)8-9-15(10)16/h2-8H,9H2,1H3. The largest absolute Gasteiger partial charge is 0.294 e. The van der Waals surface area contributed by atoms with E-state index in [4.69, 9.17) is 0 Å². The van der Waals surface area contributed by atoms with Gasteiger partial charge in [0.2, 0.25) is 0 Å². The predicted octanol–water partition coefficient (Wildman–Crippen LogP) is 1.76. The minimum atomic E-state index is 0.239. The second kappa shape index (κ2) is 3.31. The highest BCUT2D eigenvalue weighted by Gasteiger charge is 2.10. The third-order valence-electron chi connectivity index (χ3n) is 3.28. The van der Waals surface area contributed by atoms with Crippen molar-refractivity contribution in [2.75, 3.05) is 0 Å². The van der Waals surface area contributed by atoms with Crippen molar-refractivity contribution in [1.82, 2.24) is 0 Å². The van der Waals surface area contributed by atoms with Gasteiger partial charge in [-0.15, -0.1) is 0 Å². The van der Waals surface area contributed by atoms with E-state index in [0.717, 1.165) is 10.8 Å². The highest BCUT2D eigenvalue weighted by atomic mass is 16.1. The van der Waals surface area contributed by atoms with Crippen molar-refractivity contribution >= 4 is 28.2 Å². The van der Waals surface area contributed by atoms with E-state index in [1.807, 2.05) is 25.1 Å². The van der Waals surface area contributed by atoms with Gasteiger partial charge in [0.05, 0.1) is 0 Å². The number of hydrogen-bond donors (Lipinski definition) is 0. The second-order valence-electron chi connectivity index (χ2n) is 4.20. The van der Waals surface area contributed by atoms with Crippen LogP contribution >= 0.6 is 0 Å². The topological polar surface area (TPSA) is 17.1 Å². The number of benzene rings is 2. The third kappa shape index (κ3) is 1.21. The van der Waals surface area contributed by atoms with Crippen molar-refractivity contribution in [3.63, 3.8) is 0 Å². The van der Waals surface area contributed by atoms with Crippen molar-refractivity contribution in [3.8, 4) is 0 Å². The summed E-state index contributed by atoms with van der Waals surface area (Å²) in [4.78, 5) is 11.6. The summed E-state index contributed by atoms with van der Waals surface area (Å²) in [5.74, 6) is 0.239. The summed E-state index contributed by atoms with van der Waals surface area (Å²) < 4.78 is 0. The van der Waals surface area contributed by atoms with Crippen LogP contribution in [0.5, 0.6) is 0 Å². The van der Waals surface area contributed by atoms with Crippen molar-refractivity contribution in [2.24, 2.45) is 0 Å². The highest BCUT2D eigenvalue weighted by molar-refractivity contribution is 6.17. The summed E-state index contributed by atoms with van der Waals surface area (Å²) in [6.07, 6.45) is 2.58. The zero-order valence-electron chi connectivity index (χ0n) is 9.16. The van der Waals surface area contributed by atoms with Crippen LogP contribution in [0.4, 0.5) is 0 Å². The normalized spacial score (nSPS) is 14.8. The fourth-order valence-electron chi connectivity index (χ4n) is 2.34. The smallest absolute Gasteiger partial charge is 0.162 e. The summed E-state index contributed by atoms with van der Waals surface area (Å²) >= 11 is 0. The van der Waals surface area contributed by atoms with Crippen LogP contribution < -0.4 is 10.4 Å². The minimum absolute atomic E-state index is 0.239. The van der Waals surface area contributed by atoms with Crippen molar-refractivity contribution in [3.05, 3.63) is 46.8 Å². The Hall–Kier alpha value is -1.89. The van der Waals surface area contributed by atoms with Gasteiger partial charge in [-0.2, -0.15) is 0 Å². The molecule has 0 fully saturated rings. The van der Waals surface area contributed by atoms with E-state index < -0.39 is 0 Å². The van der Waals surface area contributed by atoms with Crippen LogP contribution in [0.2, 0.25) is 0 Å². The Labute approximate surface area is 93.7 Å². The first-order chi connectivity index (χ1) is 7.77. The molecule has 1 aliphatic rings. The van der Waals surface area contributed by atoms with Gasteiger partial charge in [0.25, 0.3) is 0 Å². The van der Waals surface area contributed by atoms with Crippen LogP contribution in [0.25, 0.3) is 22.4 Å². The highest BCUT2D eigenvalue weighted by Crippen LogP contribution is 2.10. The number of carbonyl (C=O) groups is 1. The van der Waals surface area contributed by atoms with Crippen molar-refractivity contribution < 1.29 is 4.79 Å². The first-order valence-electron chi connectivity index (χ1n) is 5.49. The van der Waals surface area contributed by atoms with Gasteiger partial charge in [0.15, 0.2) is 5.78 Å². The molecule has 2 aromatic rings. The molecule has 0 aromatic heterocycles. The van der Waals surface area contributed by atoms with Gasteiger partial charge in [0.1, 0.15) is 0 Å². The number of fused-ring (bicyclic) bond motifs is 3. The lowest BCUT2D eigenvalue weighted by molar-refractivity contribution is -0.113. The summed E-state index contributed by atoms with van der Waals surface area (Å²) in [6, 6.07) is 12.5. The number of rotatable bonds is 0. The molecule has 1 heteroatoms. The molecule has 1 nitrogen and oxygen atoms in total. The summed E-state index contributed by atoms with van der Waals surface area (Å²) in [7, 11) is 0. The van der Waals surface area contributed by atoms with Gasteiger partial charge in [-0.05, 0) is 28.1 Å².